The van der Waals surface area contributed by atoms with Gasteiger partial charge >= 0.3 is 6.18 Å². The second-order valence-electron chi connectivity index (χ2n) is 6.08. The molecule has 0 spiro atoms. The molecular weight excluding hydrogens is 478 g/mol. The first-order valence-electron chi connectivity index (χ1n) is 8.34. The summed E-state index contributed by atoms with van der Waals surface area (Å²) >= 11 is 0. The van der Waals surface area contributed by atoms with Crippen LogP contribution in [0.1, 0.15) is 10.6 Å². The van der Waals surface area contributed by atoms with Gasteiger partial charge < -0.3 is 19.5 Å². The summed E-state index contributed by atoms with van der Waals surface area (Å²) in [5, 5.41) is 3.07. The summed E-state index contributed by atoms with van der Waals surface area (Å²) in [6.45, 7) is 1.87. The number of carbonyl (C=O) groups is 1. The van der Waals surface area contributed by atoms with Gasteiger partial charge in [-0.25, -0.2) is 0 Å². The molecule has 1 aromatic rings. The number of nitrogens with zero attached hydrogens (tertiary/aromatic N) is 4. The van der Waals surface area contributed by atoms with Crippen LogP contribution >= 0.6 is 24.0 Å². The number of guanidine groups is 1. The van der Waals surface area contributed by atoms with Gasteiger partial charge in [0.05, 0.1) is 12.8 Å². The molecule has 1 N–H and O–H groups in total. The Balaban J connectivity index is 0.00000364. The normalized spacial score (nSPS) is 15.7. The molecule has 0 aromatic carbocycles. The van der Waals surface area contributed by atoms with Crippen LogP contribution < -0.4 is 5.32 Å². The molecule has 0 saturated carbocycles. The van der Waals surface area contributed by atoms with Crippen LogP contribution in [0.4, 0.5) is 13.2 Å². The van der Waals surface area contributed by atoms with E-state index in [9.17, 15) is 18.0 Å². The number of carbonyl (C=O) groups excluding carboxylic acids is 1. The number of halogens is 4. The van der Waals surface area contributed by atoms with Crippen LogP contribution in [-0.2, 0) is 0 Å². The molecule has 7 nitrogen and oxygen atoms in total. The zero-order valence-corrected chi connectivity index (χ0v) is 17.7. The van der Waals surface area contributed by atoms with Gasteiger partial charge in [-0.15, -0.1) is 24.0 Å². The van der Waals surface area contributed by atoms with E-state index in [2.05, 4.69) is 10.3 Å². The maximum absolute atomic E-state index is 12.3. The van der Waals surface area contributed by atoms with Gasteiger partial charge in [-0.2, -0.15) is 13.2 Å². The Morgan fingerprint density at radius 1 is 1.30 bits per heavy atom. The SMILES string of the molecule is CN=C(NCCN(C)CC(F)(F)F)N1CCN(C(=O)c2ccco2)CC1.I. The molecule has 1 amide bonds. The van der Waals surface area contributed by atoms with E-state index in [1.54, 1.807) is 24.1 Å². The number of hydrogen-bond donors (Lipinski definition) is 1. The molecule has 27 heavy (non-hydrogen) atoms. The molecule has 0 bridgehead atoms. The predicted molar refractivity (Wildman–Crippen MR) is 107 cm³/mol. The number of hydrogen-bond acceptors (Lipinski definition) is 4. The van der Waals surface area contributed by atoms with Crippen molar-refractivity contribution in [1.82, 2.24) is 20.0 Å². The maximum atomic E-state index is 12.3. The molecule has 2 rings (SSSR count). The van der Waals surface area contributed by atoms with Crippen LogP contribution in [-0.4, -0.2) is 92.7 Å². The Kier molecular flexibility index (Phi) is 9.36. The van der Waals surface area contributed by atoms with Gasteiger partial charge in [0.25, 0.3) is 5.91 Å². The first-order chi connectivity index (χ1) is 12.3. The highest BCUT2D eigenvalue weighted by atomic mass is 127. The lowest BCUT2D eigenvalue weighted by Gasteiger charge is -2.36. The molecule has 0 aliphatic carbocycles. The van der Waals surface area contributed by atoms with Crippen LogP contribution in [0, 0.1) is 0 Å². The zero-order chi connectivity index (χ0) is 19.2. The number of rotatable bonds is 5. The third kappa shape index (κ3) is 7.56. The average Bonchev–Trinajstić information content (AvgIpc) is 3.11. The fourth-order valence-electron chi connectivity index (χ4n) is 2.75. The summed E-state index contributed by atoms with van der Waals surface area (Å²) in [5.74, 6) is 0.788. The van der Waals surface area contributed by atoms with Crippen molar-refractivity contribution in [1.29, 1.82) is 0 Å². The molecule has 0 radical (unpaired) electrons. The van der Waals surface area contributed by atoms with E-state index >= 15 is 0 Å². The fourth-order valence-corrected chi connectivity index (χ4v) is 2.75. The lowest BCUT2D eigenvalue weighted by Crippen LogP contribution is -2.54. The third-order valence-corrected chi connectivity index (χ3v) is 4.04. The standard InChI is InChI=1S/C16H24F3N5O2.HI/c1-20-15(21-5-6-22(2)12-16(17,18)19)24-9-7-23(8-10-24)14(25)13-4-3-11-26-13;/h3-4,11H,5-10,12H2,1-2H3,(H,20,21);1H. The molecular formula is C16H25F3IN5O2. The van der Waals surface area contributed by atoms with Crippen LogP contribution in [0.5, 0.6) is 0 Å². The van der Waals surface area contributed by atoms with Crippen molar-refractivity contribution in [2.75, 3.05) is 59.9 Å². The highest BCUT2D eigenvalue weighted by Crippen LogP contribution is 2.15. The van der Waals surface area contributed by atoms with Crippen LogP contribution in [0.15, 0.2) is 27.8 Å². The van der Waals surface area contributed by atoms with E-state index in [0.29, 0.717) is 44.4 Å². The Morgan fingerprint density at radius 2 is 1.93 bits per heavy atom. The smallest absolute Gasteiger partial charge is 0.401 e. The van der Waals surface area contributed by atoms with Crippen LogP contribution in [0.3, 0.4) is 0 Å². The minimum Gasteiger partial charge on any atom is -0.459 e. The van der Waals surface area contributed by atoms with Gasteiger partial charge in [-0.3, -0.25) is 14.7 Å². The summed E-state index contributed by atoms with van der Waals surface area (Å²) < 4.78 is 42.1. The van der Waals surface area contributed by atoms with Gasteiger partial charge in [-0.1, -0.05) is 0 Å². The number of likely N-dealkylation sites (N-methyl/N-ethyl adjacent to an activating group) is 1. The van der Waals surface area contributed by atoms with Gasteiger partial charge in [0.1, 0.15) is 0 Å². The maximum Gasteiger partial charge on any atom is 0.401 e. The Morgan fingerprint density at radius 3 is 2.44 bits per heavy atom. The molecule has 1 saturated heterocycles. The first-order valence-corrected chi connectivity index (χ1v) is 8.34. The summed E-state index contributed by atoms with van der Waals surface area (Å²) in [5.41, 5.74) is 0. The lowest BCUT2D eigenvalue weighted by molar-refractivity contribution is -0.142. The van der Waals surface area contributed by atoms with Crippen molar-refractivity contribution in [2.45, 2.75) is 6.18 Å². The minimum absolute atomic E-state index is 0. The highest BCUT2D eigenvalue weighted by Gasteiger charge is 2.29. The number of amides is 1. The van der Waals surface area contributed by atoms with E-state index in [-0.39, 0.29) is 36.4 Å². The molecule has 1 aliphatic rings. The van der Waals surface area contributed by atoms with Crippen molar-refractivity contribution in [3.63, 3.8) is 0 Å². The molecule has 154 valence electrons. The second kappa shape index (κ2) is 10.7. The van der Waals surface area contributed by atoms with E-state index in [4.69, 9.17) is 4.42 Å². The zero-order valence-electron chi connectivity index (χ0n) is 15.3. The quantitative estimate of drug-likeness (QED) is 0.377. The number of aliphatic imine (C=N–C) groups is 1. The van der Waals surface area contributed by atoms with Crippen molar-refractivity contribution in [2.24, 2.45) is 4.99 Å². The molecule has 0 atom stereocenters. The molecule has 2 heterocycles. The van der Waals surface area contributed by atoms with Gasteiger partial charge in [0.15, 0.2) is 11.7 Å². The number of alkyl halides is 3. The monoisotopic (exact) mass is 503 g/mol. The minimum atomic E-state index is -4.20. The summed E-state index contributed by atoms with van der Waals surface area (Å²) in [4.78, 5) is 21.3. The fraction of sp³-hybridized carbons (Fsp3) is 0.625. The largest absolute Gasteiger partial charge is 0.459 e. The molecule has 11 heteroatoms. The molecule has 0 unspecified atom stereocenters. The summed E-state index contributed by atoms with van der Waals surface area (Å²) in [6, 6.07) is 3.30. The molecule has 1 aliphatic heterocycles. The highest BCUT2D eigenvalue weighted by molar-refractivity contribution is 14.0. The van der Waals surface area contributed by atoms with Crippen molar-refractivity contribution in [3.05, 3.63) is 24.2 Å². The Hall–Kier alpha value is -1.50. The van der Waals surface area contributed by atoms with E-state index < -0.39 is 12.7 Å². The van der Waals surface area contributed by atoms with E-state index in [0.717, 1.165) is 0 Å². The van der Waals surface area contributed by atoms with Crippen molar-refractivity contribution >= 4 is 35.8 Å². The lowest BCUT2D eigenvalue weighted by atomic mass is 10.3. The Labute approximate surface area is 173 Å². The van der Waals surface area contributed by atoms with E-state index in [1.807, 2.05) is 4.90 Å². The third-order valence-electron chi connectivity index (χ3n) is 4.04. The van der Waals surface area contributed by atoms with Crippen LogP contribution in [0.2, 0.25) is 0 Å². The molecule has 1 fully saturated rings. The number of nitrogens with one attached hydrogen (secondary N) is 1. The van der Waals surface area contributed by atoms with E-state index in [1.165, 1.54) is 18.2 Å². The topological polar surface area (TPSA) is 64.3 Å². The first kappa shape index (κ1) is 23.5. The predicted octanol–water partition coefficient (Wildman–Crippen LogP) is 1.72. The Bertz CT molecular complexity index is 602. The van der Waals surface area contributed by atoms with Crippen molar-refractivity contribution < 1.29 is 22.4 Å². The van der Waals surface area contributed by atoms with Gasteiger partial charge in [-0.05, 0) is 19.2 Å². The van der Waals surface area contributed by atoms with Crippen molar-refractivity contribution in [3.8, 4) is 0 Å². The summed E-state index contributed by atoms with van der Waals surface area (Å²) in [7, 11) is 3.05. The molecule has 1 aromatic heterocycles. The van der Waals surface area contributed by atoms with Gasteiger partial charge in [0.2, 0.25) is 0 Å². The average molecular weight is 503 g/mol. The van der Waals surface area contributed by atoms with Gasteiger partial charge in [0, 0.05) is 46.3 Å². The number of piperazine rings is 1. The summed E-state index contributed by atoms with van der Waals surface area (Å²) in [6.07, 6.45) is -2.74. The second-order valence-corrected chi connectivity index (χ2v) is 6.08. The number of furan rings is 1. The van der Waals surface area contributed by atoms with Crippen LogP contribution in [0.25, 0.3) is 0 Å².